The number of hydrogen-bond acceptors (Lipinski definition) is 5. The Bertz CT molecular complexity index is 793. The number of sulfonamides is 1. The molecule has 2 aromatic rings. The van der Waals surface area contributed by atoms with E-state index in [1.54, 1.807) is 11.4 Å². The number of fused-ring (bicyclic) bond motifs is 1. The number of hydrogen-bond donors (Lipinski definition) is 2. The van der Waals surface area contributed by atoms with Gasteiger partial charge in [0.1, 0.15) is 16.1 Å². The molecule has 2 N–H and O–H groups in total. The molecule has 0 fully saturated rings. The van der Waals surface area contributed by atoms with Gasteiger partial charge in [-0.3, -0.25) is 4.79 Å². The van der Waals surface area contributed by atoms with Crippen LogP contribution in [0.4, 0.5) is 0 Å². The van der Waals surface area contributed by atoms with Gasteiger partial charge in [0, 0.05) is 6.42 Å². The first kappa shape index (κ1) is 16.9. The highest BCUT2D eigenvalue weighted by molar-refractivity contribution is 7.91. The van der Waals surface area contributed by atoms with Gasteiger partial charge in [0.2, 0.25) is 5.91 Å². The van der Waals surface area contributed by atoms with Crippen LogP contribution in [0.1, 0.15) is 12.5 Å². The summed E-state index contributed by atoms with van der Waals surface area (Å²) >= 11 is 1.11. The van der Waals surface area contributed by atoms with Gasteiger partial charge in [-0.25, -0.2) is 8.42 Å². The first-order valence-corrected chi connectivity index (χ1v) is 9.90. The van der Waals surface area contributed by atoms with Crippen molar-refractivity contribution in [2.75, 3.05) is 6.54 Å². The van der Waals surface area contributed by atoms with Crippen LogP contribution in [0.2, 0.25) is 0 Å². The molecule has 0 spiro atoms. The van der Waals surface area contributed by atoms with Crippen molar-refractivity contribution in [3.05, 3.63) is 47.3 Å². The second-order valence-electron chi connectivity index (χ2n) is 5.57. The van der Waals surface area contributed by atoms with E-state index in [9.17, 15) is 13.2 Å². The average Bonchev–Trinajstić information content (AvgIpc) is 3.21. The number of carbonyl (C=O) groups is 1. The summed E-state index contributed by atoms with van der Waals surface area (Å²) < 4.78 is 32.5. The maximum atomic E-state index is 12.1. The molecule has 0 saturated heterocycles. The molecule has 0 aliphatic carbocycles. The van der Waals surface area contributed by atoms with Crippen LogP contribution in [0.5, 0.6) is 5.75 Å². The van der Waals surface area contributed by atoms with Gasteiger partial charge in [0.05, 0.1) is 12.6 Å². The molecule has 0 unspecified atom stereocenters. The smallest absolute Gasteiger partial charge is 0.250 e. The molecule has 0 radical (unpaired) electrons. The molecule has 2 atom stereocenters. The van der Waals surface area contributed by atoms with Crippen LogP contribution in [0.15, 0.2) is 46.0 Å². The quantitative estimate of drug-likeness (QED) is 0.812. The molecule has 128 valence electrons. The summed E-state index contributed by atoms with van der Waals surface area (Å²) in [5, 5.41) is 4.41. The number of ether oxygens (including phenoxy) is 1. The van der Waals surface area contributed by atoms with E-state index in [2.05, 4.69) is 10.0 Å². The summed E-state index contributed by atoms with van der Waals surface area (Å²) in [6, 6.07) is 10.0. The molecule has 6 nitrogen and oxygen atoms in total. The Morgan fingerprint density at radius 1 is 1.33 bits per heavy atom. The summed E-state index contributed by atoms with van der Waals surface area (Å²) in [4.78, 5) is 12.1. The lowest BCUT2D eigenvalue weighted by Gasteiger charge is -2.16. The number of benzene rings is 1. The van der Waals surface area contributed by atoms with Crippen molar-refractivity contribution in [1.82, 2.24) is 10.0 Å². The standard InChI is InChI=1S/C16H18N2O4S2/c1-11(18-24(20,21)15-7-4-8-23-15)16(19)17-10-13-9-12-5-2-3-6-14(12)22-13/h2-8,11,13,18H,9-10H2,1H3,(H,17,19)/t11-,13-/m0/s1. The average molecular weight is 366 g/mol. The normalized spacial score (nSPS) is 17.8. The van der Waals surface area contributed by atoms with E-state index in [0.29, 0.717) is 6.54 Å². The van der Waals surface area contributed by atoms with Crippen LogP contribution >= 0.6 is 11.3 Å². The Morgan fingerprint density at radius 3 is 2.83 bits per heavy atom. The van der Waals surface area contributed by atoms with Gasteiger partial charge < -0.3 is 10.1 Å². The summed E-state index contributed by atoms with van der Waals surface area (Å²) in [5.74, 6) is 0.456. The molecule has 24 heavy (non-hydrogen) atoms. The molecule has 1 aromatic heterocycles. The predicted molar refractivity (Wildman–Crippen MR) is 91.7 cm³/mol. The number of carbonyl (C=O) groups excluding carboxylic acids is 1. The van der Waals surface area contributed by atoms with Crippen molar-refractivity contribution in [2.24, 2.45) is 0 Å². The lowest BCUT2D eigenvalue weighted by atomic mass is 10.1. The van der Waals surface area contributed by atoms with Crippen LogP contribution in [0.3, 0.4) is 0 Å². The third-order valence-corrected chi connectivity index (χ3v) is 6.64. The highest BCUT2D eigenvalue weighted by atomic mass is 32.2. The van der Waals surface area contributed by atoms with Crippen molar-refractivity contribution in [3.63, 3.8) is 0 Å². The molecular weight excluding hydrogens is 348 g/mol. The molecule has 2 heterocycles. The van der Waals surface area contributed by atoms with E-state index in [-0.39, 0.29) is 16.2 Å². The van der Waals surface area contributed by atoms with Crippen LogP contribution in [-0.4, -0.2) is 33.0 Å². The van der Waals surface area contributed by atoms with Gasteiger partial charge in [-0.05, 0) is 30.0 Å². The molecule has 8 heteroatoms. The van der Waals surface area contributed by atoms with Gasteiger partial charge in [0.25, 0.3) is 10.0 Å². The maximum Gasteiger partial charge on any atom is 0.250 e. The van der Waals surface area contributed by atoms with Crippen molar-refractivity contribution in [1.29, 1.82) is 0 Å². The Kier molecular flexibility index (Phi) is 4.88. The third kappa shape index (κ3) is 3.77. The molecular formula is C16H18N2O4S2. The number of rotatable bonds is 6. The minimum Gasteiger partial charge on any atom is -0.488 e. The van der Waals surface area contributed by atoms with Crippen LogP contribution in [0, 0.1) is 0 Å². The highest BCUT2D eigenvalue weighted by Gasteiger charge is 2.26. The molecule has 0 saturated carbocycles. The van der Waals surface area contributed by atoms with E-state index in [1.807, 2.05) is 24.3 Å². The first-order chi connectivity index (χ1) is 11.5. The van der Waals surface area contributed by atoms with E-state index in [4.69, 9.17) is 4.74 Å². The fourth-order valence-electron chi connectivity index (χ4n) is 2.50. The van der Waals surface area contributed by atoms with Crippen molar-refractivity contribution < 1.29 is 17.9 Å². The van der Waals surface area contributed by atoms with Gasteiger partial charge in [-0.15, -0.1) is 11.3 Å². The number of nitrogens with one attached hydrogen (secondary N) is 2. The second-order valence-corrected chi connectivity index (χ2v) is 8.46. The van der Waals surface area contributed by atoms with Gasteiger partial charge in [-0.2, -0.15) is 4.72 Å². The lowest BCUT2D eigenvalue weighted by Crippen LogP contribution is -2.46. The molecule has 3 rings (SSSR count). The van der Waals surface area contributed by atoms with E-state index in [1.165, 1.54) is 13.0 Å². The Hall–Kier alpha value is -1.90. The zero-order valence-electron chi connectivity index (χ0n) is 13.1. The second kappa shape index (κ2) is 6.92. The Balaban J connectivity index is 1.51. The minimum absolute atomic E-state index is 0.132. The summed E-state index contributed by atoms with van der Waals surface area (Å²) in [7, 11) is -3.67. The molecule has 1 aliphatic rings. The minimum atomic E-state index is -3.67. The SMILES string of the molecule is C[C@H](NS(=O)(=O)c1cccs1)C(=O)NC[C@@H]1Cc2ccccc2O1. The first-order valence-electron chi connectivity index (χ1n) is 7.54. The van der Waals surface area contributed by atoms with E-state index >= 15 is 0 Å². The maximum absolute atomic E-state index is 12.1. The fourth-order valence-corrected chi connectivity index (χ4v) is 4.71. The molecule has 1 aliphatic heterocycles. The number of thiophene rings is 1. The van der Waals surface area contributed by atoms with Gasteiger partial charge >= 0.3 is 0 Å². The van der Waals surface area contributed by atoms with E-state index in [0.717, 1.165) is 29.1 Å². The van der Waals surface area contributed by atoms with E-state index < -0.39 is 16.1 Å². The van der Waals surface area contributed by atoms with Crippen LogP contribution < -0.4 is 14.8 Å². The van der Waals surface area contributed by atoms with Crippen LogP contribution in [0.25, 0.3) is 0 Å². The lowest BCUT2D eigenvalue weighted by molar-refractivity contribution is -0.122. The zero-order valence-corrected chi connectivity index (χ0v) is 14.7. The summed E-state index contributed by atoms with van der Waals surface area (Å²) in [6.45, 7) is 1.85. The number of amides is 1. The van der Waals surface area contributed by atoms with Crippen molar-refractivity contribution in [2.45, 2.75) is 29.7 Å². The highest BCUT2D eigenvalue weighted by Crippen LogP contribution is 2.27. The van der Waals surface area contributed by atoms with Crippen molar-refractivity contribution in [3.8, 4) is 5.75 Å². The van der Waals surface area contributed by atoms with Crippen LogP contribution in [-0.2, 0) is 21.2 Å². The molecule has 1 amide bonds. The van der Waals surface area contributed by atoms with Gasteiger partial charge in [-0.1, -0.05) is 24.3 Å². The van der Waals surface area contributed by atoms with Gasteiger partial charge in [0.15, 0.2) is 0 Å². The fraction of sp³-hybridized carbons (Fsp3) is 0.312. The topological polar surface area (TPSA) is 84.5 Å². The Labute approximate surface area is 144 Å². The Morgan fingerprint density at radius 2 is 2.12 bits per heavy atom. The zero-order chi connectivity index (χ0) is 17.2. The predicted octanol–water partition coefficient (Wildman–Crippen LogP) is 1.53. The summed E-state index contributed by atoms with van der Waals surface area (Å²) in [6.07, 6.45) is 0.596. The molecule has 0 bridgehead atoms. The number of para-hydroxylation sites is 1. The molecule has 1 aromatic carbocycles. The summed E-state index contributed by atoms with van der Waals surface area (Å²) in [5.41, 5.74) is 1.11. The largest absolute Gasteiger partial charge is 0.488 e. The monoisotopic (exact) mass is 366 g/mol. The third-order valence-electron chi connectivity index (χ3n) is 3.70. The van der Waals surface area contributed by atoms with Crippen molar-refractivity contribution >= 4 is 27.3 Å².